The van der Waals surface area contributed by atoms with Gasteiger partial charge in [0.25, 0.3) is 0 Å². The number of hydrogen-bond donors (Lipinski definition) is 0. The smallest absolute Gasteiger partial charge is 0.399 e. The molecule has 0 N–H and O–H groups in total. The third kappa shape index (κ3) is 7.53. The number of hydrogen-bond acceptors (Lipinski definition) is 1. The summed E-state index contributed by atoms with van der Waals surface area (Å²) in [6.45, 7) is 2.20. The highest BCUT2D eigenvalue weighted by Gasteiger charge is 2.34. The highest BCUT2D eigenvalue weighted by molar-refractivity contribution is 5.42. The van der Waals surface area contributed by atoms with Gasteiger partial charge >= 0.3 is 6.36 Å². The van der Waals surface area contributed by atoms with Crippen LogP contribution in [0.25, 0.3) is 0 Å². The van der Waals surface area contributed by atoms with Crippen LogP contribution in [-0.2, 0) is 0 Å². The van der Waals surface area contributed by atoms with Crippen molar-refractivity contribution in [2.24, 2.45) is 11.8 Å². The maximum absolute atomic E-state index is 13.6. The molecule has 1 saturated carbocycles. The minimum Gasteiger partial charge on any atom is -0.399 e. The summed E-state index contributed by atoms with van der Waals surface area (Å²) in [4.78, 5) is 0. The number of ether oxygens (including phenoxy) is 1. The molecule has 0 aliphatic heterocycles. The van der Waals surface area contributed by atoms with Gasteiger partial charge < -0.3 is 4.74 Å². The maximum atomic E-state index is 13.6. The molecule has 28 heavy (non-hydrogen) atoms. The van der Waals surface area contributed by atoms with E-state index in [-0.39, 0.29) is 5.56 Å². The fourth-order valence-electron chi connectivity index (χ4n) is 3.51. The predicted octanol–water partition coefficient (Wildman–Crippen LogP) is 7.16. The standard InChI is InChI=1S/C22H25F5O/c1-2-3-4-7-16-10-12-17(13-11-16)8-5-6-9-18-14-19(23)21(20(24)15-18)28-22(25,26)27/h5,8,14-17H,2-4,7,10-13H2,1H3/t16-,17-. The van der Waals surface area contributed by atoms with Crippen molar-refractivity contribution in [2.45, 2.75) is 64.7 Å². The summed E-state index contributed by atoms with van der Waals surface area (Å²) in [5.41, 5.74) is -0.0474. The Balaban J connectivity index is 1.87. The van der Waals surface area contributed by atoms with E-state index in [2.05, 4.69) is 23.5 Å². The second-order valence-electron chi connectivity index (χ2n) is 7.22. The van der Waals surface area contributed by atoms with E-state index in [0.717, 1.165) is 30.9 Å². The molecule has 0 amide bonds. The van der Waals surface area contributed by atoms with E-state index in [1.54, 1.807) is 6.08 Å². The summed E-state index contributed by atoms with van der Waals surface area (Å²) in [5, 5.41) is 0. The van der Waals surface area contributed by atoms with Crippen LogP contribution in [0.5, 0.6) is 5.75 Å². The lowest BCUT2D eigenvalue weighted by atomic mass is 9.79. The number of rotatable bonds is 6. The minimum atomic E-state index is -5.16. The van der Waals surface area contributed by atoms with Crippen molar-refractivity contribution in [3.05, 3.63) is 41.5 Å². The molecule has 1 aliphatic rings. The van der Waals surface area contributed by atoms with Gasteiger partial charge in [0.05, 0.1) is 0 Å². The lowest BCUT2D eigenvalue weighted by molar-refractivity contribution is -0.276. The maximum Gasteiger partial charge on any atom is 0.573 e. The van der Waals surface area contributed by atoms with Crippen LogP contribution >= 0.6 is 0 Å². The molecule has 0 aromatic heterocycles. The van der Waals surface area contributed by atoms with E-state index in [1.165, 1.54) is 38.5 Å². The Bertz CT molecular complexity index is 696. The first-order chi connectivity index (χ1) is 13.3. The van der Waals surface area contributed by atoms with Crippen molar-refractivity contribution in [2.75, 3.05) is 0 Å². The molecule has 1 aromatic rings. The molecular formula is C22H25F5O. The van der Waals surface area contributed by atoms with Gasteiger partial charge in [-0.05, 0) is 55.7 Å². The summed E-state index contributed by atoms with van der Waals surface area (Å²) in [7, 11) is 0. The first kappa shape index (κ1) is 22.3. The molecule has 1 fully saturated rings. The third-order valence-electron chi connectivity index (χ3n) is 4.99. The zero-order valence-electron chi connectivity index (χ0n) is 15.9. The fourth-order valence-corrected chi connectivity index (χ4v) is 3.51. The Morgan fingerprint density at radius 3 is 2.29 bits per heavy atom. The van der Waals surface area contributed by atoms with Crippen LogP contribution in [0.3, 0.4) is 0 Å². The van der Waals surface area contributed by atoms with Crippen molar-refractivity contribution in [3.8, 4) is 17.6 Å². The lowest BCUT2D eigenvalue weighted by Gasteiger charge is -2.26. The van der Waals surface area contributed by atoms with Crippen molar-refractivity contribution in [1.29, 1.82) is 0 Å². The summed E-state index contributed by atoms with van der Waals surface area (Å²) >= 11 is 0. The largest absolute Gasteiger partial charge is 0.573 e. The van der Waals surface area contributed by atoms with Gasteiger partial charge in [0.1, 0.15) is 0 Å². The molecule has 0 spiro atoms. The molecular weight excluding hydrogens is 375 g/mol. The number of unbranched alkanes of at least 4 members (excludes halogenated alkanes) is 2. The van der Waals surface area contributed by atoms with Gasteiger partial charge in [-0.25, -0.2) is 8.78 Å². The minimum absolute atomic E-state index is 0.0474. The Morgan fingerprint density at radius 1 is 1.07 bits per heavy atom. The van der Waals surface area contributed by atoms with Gasteiger partial charge in [-0.3, -0.25) is 0 Å². The van der Waals surface area contributed by atoms with Gasteiger partial charge in [-0.15, -0.1) is 13.2 Å². The van der Waals surface area contributed by atoms with Crippen LogP contribution in [0.15, 0.2) is 24.3 Å². The Kier molecular flexibility index (Phi) is 8.35. The summed E-state index contributed by atoms with van der Waals surface area (Å²) in [5.74, 6) is 2.16. The first-order valence-electron chi connectivity index (χ1n) is 9.71. The Hall–Kier alpha value is -2.03. The van der Waals surface area contributed by atoms with Gasteiger partial charge in [0.15, 0.2) is 11.6 Å². The highest BCUT2D eigenvalue weighted by Crippen LogP contribution is 2.32. The number of alkyl halides is 3. The van der Waals surface area contributed by atoms with Crippen LogP contribution in [0.1, 0.15) is 63.9 Å². The zero-order chi connectivity index (χ0) is 20.6. The molecule has 6 heteroatoms. The normalized spacial score (nSPS) is 20.1. The zero-order valence-corrected chi connectivity index (χ0v) is 15.9. The molecule has 1 aromatic carbocycles. The van der Waals surface area contributed by atoms with Crippen molar-refractivity contribution in [1.82, 2.24) is 0 Å². The van der Waals surface area contributed by atoms with E-state index in [0.29, 0.717) is 5.92 Å². The second-order valence-corrected chi connectivity index (χ2v) is 7.22. The molecule has 1 aliphatic carbocycles. The van der Waals surface area contributed by atoms with E-state index in [9.17, 15) is 22.0 Å². The molecule has 0 heterocycles. The van der Waals surface area contributed by atoms with Gasteiger partial charge in [0, 0.05) is 5.56 Å². The molecule has 0 saturated heterocycles. The van der Waals surface area contributed by atoms with Crippen LogP contribution in [-0.4, -0.2) is 6.36 Å². The molecule has 0 unspecified atom stereocenters. The molecule has 154 valence electrons. The number of halogens is 5. The second kappa shape index (κ2) is 10.5. The van der Waals surface area contributed by atoms with Crippen LogP contribution in [0.4, 0.5) is 22.0 Å². The summed E-state index contributed by atoms with van der Waals surface area (Å²) < 4.78 is 67.0. The van der Waals surface area contributed by atoms with Crippen LogP contribution in [0.2, 0.25) is 0 Å². The fraction of sp³-hybridized carbons (Fsp3) is 0.545. The Labute approximate surface area is 163 Å². The number of benzene rings is 1. The van der Waals surface area contributed by atoms with Crippen molar-refractivity contribution < 1.29 is 26.7 Å². The lowest BCUT2D eigenvalue weighted by Crippen LogP contribution is -2.19. The number of allylic oxidation sites excluding steroid dienone is 2. The SMILES string of the molecule is CCCCC[C@H]1CC[C@H](C=CC#Cc2cc(F)c(OC(F)(F)F)c(F)c2)CC1. The summed E-state index contributed by atoms with van der Waals surface area (Å²) in [6, 6.07) is 1.46. The first-order valence-corrected chi connectivity index (χ1v) is 9.71. The van der Waals surface area contributed by atoms with Gasteiger partial charge in [-0.2, -0.15) is 0 Å². The third-order valence-corrected chi connectivity index (χ3v) is 4.99. The molecule has 0 radical (unpaired) electrons. The monoisotopic (exact) mass is 400 g/mol. The van der Waals surface area contributed by atoms with Gasteiger partial charge in [-0.1, -0.05) is 50.5 Å². The average molecular weight is 400 g/mol. The van der Waals surface area contributed by atoms with Crippen LogP contribution in [0, 0.1) is 35.3 Å². The Morgan fingerprint density at radius 2 is 1.71 bits per heavy atom. The van der Waals surface area contributed by atoms with E-state index < -0.39 is 23.7 Å². The average Bonchev–Trinajstić information content (AvgIpc) is 2.62. The van der Waals surface area contributed by atoms with Crippen LogP contribution < -0.4 is 4.74 Å². The molecule has 1 nitrogen and oxygen atoms in total. The molecule has 0 atom stereocenters. The van der Waals surface area contributed by atoms with E-state index >= 15 is 0 Å². The predicted molar refractivity (Wildman–Crippen MR) is 98.6 cm³/mol. The van der Waals surface area contributed by atoms with E-state index in [1.807, 2.05) is 6.08 Å². The highest BCUT2D eigenvalue weighted by atomic mass is 19.4. The van der Waals surface area contributed by atoms with Crippen molar-refractivity contribution >= 4 is 0 Å². The molecule has 0 bridgehead atoms. The van der Waals surface area contributed by atoms with Crippen molar-refractivity contribution in [3.63, 3.8) is 0 Å². The molecule has 2 rings (SSSR count). The topological polar surface area (TPSA) is 9.23 Å². The quantitative estimate of drug-likeness (QED) is 0.280. The van der Waals surface area contributed by atoms with E-state index in [4.69, 9.17) is 0 Å². The summed E-state index contributed by atoms with van der Waals surface area (Å²) in [6.07, 6.45) is 8.27. The van der Waals surface area contributed by atoms with Gasteiger partial charge in [0.2, 0.25) is 5.75 Å².